The molecule has 0 spiro atoms. The first kappa shape index (κ1) is 16.6. The molecule has 2 heteroatoms. The van der Waals surface area contributed by atoms with Gasteiger partial charge in [-0.25, -0.2) is 0 Å². The van der Waals surface area contributed by atoms with E-state index >= 15 is 0 Å². The van der Waals surface area contributed by atoms with E-state index in [4.69, 9.17) is 4.98 Å². The maximum atomic E-state index is 4.79. The van der Waals surface area contributed by atoms with E-state index in [0.717, 1.165) is 5.69 Å². The van der Waals surface area contributed by atoms with E-state index in [9.17, 15) is 0 Å². The Hall–Kier alpha value is -1.87. The van der Waals surface area contributed by atoms with E-state index in [1.54, 1.807) is 9.96 Å². The summed E-state index contributed by atoms with van der Waals surface area (Å²) in [5, 5.41) is 0. The van der Waals surface area contributed by atoms with Crippen LogP contribution in [0.5, 0.6) is 0 Å². The summed E-state index contributed by atoms with van der Waals surface area (Å²) in [5.74, 6) is 7.47. The molecule has 1 nitrogen and oxygen atoms in total. The summed E-state index contributed by atoms with van der Waals surface area (Å²) in [7, 11) is 0. The summed E-state index contributed by atoms with van der Waals surface area (Å²) in [5.41, 5.74) is 8.03. The SMILES string of the molecule is CC1(C)c2ccnc(-c3ccccc3)c2-c2ccc[c]([Ge]([CH3])([CH3])[CH3])c21. The Morgan fingerprint density at radius 1 is 0.840 bits per heavy atom. The van der Waals surface area contributed by atoms with E-state index in [-0.39, 0.29) is 5.41 Å². The van der Waals surface area contributed by atoms with Gasteiger partial charge in [0.15, 0.2) is 0 Å². The Balaban J connectivity index is 2.08. The summed E-state index contributed by atoms with van der Waals surface area (Å²) < 4.78 is 1.62. The van der Waals surface area contributed by atoms with Crippen molar-refractivity contribution < 1.29 is 0 Å². The van der Waals surface area contributed by atoms with Crippen LogP contribution < -0.4 is 4.40 Å². The van der Waals surface area contributed by atoms with Crippen LogP contribution in [0.1, 0.15) is 25.0 Å². The van der Waals surface area contributed by atoms with E-state index < -0.39 is 13.3 Å². The predicted octanol–water partition coefficient (Wildman–Crippen LogP) is 5.60. The molecule has 3 aromatic rings. The number of pyridine rings is 1. The van der Waals surface area contributed by atoms with Crippen LogP contribution in [0.25, 0.3) is 22.4 Å². The van der Waals surface area contributed by atoms with Gasteiger partial charge in [-0.1, -0.05) is 0 Å². The fourth-order valence-electron chi connectivity index (χ4n) is 4.26. The topological polar surface area (TPSA) is 12.9 Å². The van der Waals surface area contributed by atoms with Crippen LogP contribution in [0.2, 0.25) is 17.3 Å². The summed E-state index contributed by atoms with van der Waals surface area (Å²) in [4.78, 5) is 4.79. The van der Waals surface area contributed by atoms with Crippen molar-refractivity contribution in [3.63, 3.8) is 0 Å². The van der Waals surface area contributed by atoms with Gasteiger partial charge in [-0.05, 0) is 0 Å². The first-order valence-corrected chi connectivity index (χ1v) is 16.4. The summed E-state index contributed by atoms with van der Waals surface area (Å²) in [6.07, 6.45) is 1.98. The Labute approximate surface area is 153 Å². The van der Waals surface area contributed by atoms with Crippen molar-refractivity contribution in [2.45, 2.75) is 36.5 Å². The Kier molecular flexibility index (Phi) is 3.70. The molecule has 0 saturated heterocycles. The Morgan fingerprint density at radius 3 is 2.24 bits per heavy atom. The van der Waals surface area contributed by atoms with Crippen molar-refractivity contribution in [2.24, 2.45) is 0 Å². The van der Waals surface area contributed by atoms with Crippen molar-refractivity contribution in [3.8, 4) is 22.4 Å². The standard InChI is InChI=1S/C23H25GeN/c1-23(2)18-14-15-25-22(16-10-7-6-8-11-16)20(18)17-12-9-13-19(21(17)23)24(3,4)5/h6-15H,1-5H3. The number of rotatable bonds is 2. The normalized spacial score (nSPS) is 14.9. The molecule has 0 aliphatic heterocycles. The monoisotopic (exact) mass is 389 g/mol. The van der Waals surface area contributed by atoms with Crippen LogP contribution in [0, 0.1) is 0 Å². The molecule has 4 rings (SSSR count). The van der Waals surface area contributed by atoms with Gasteiger partial charge in [0.1, 0.15) is 0 Å². The molecule has 1 heterocycles. The van der Waals surface area contributed by atoms with Crippen LogP contribution in [0.4, 0.5) is 0 Å². The molecule has 1 aliphatic rings. The second-order valence-corrected chi connectivity index (χ2v) is 19.1. The molecule has 1 aromatic heterocycles. The molecule has 0 radical (unpaired) electrons. The molecule has 0 unspecified atom stereocenters. The van der Waals surface area contributed by atoms with Crippen molar-refractivity contribution >= 4 is 17.7 Å². The van der Waals surface area contributed by atoms with Crippen molar-refractivity contribution in [2.75, 3.05) is 0 Å². The number of hydrogen-bond donors (Lipinski definition) is 0. The van der Waals surface area contributed by atoms with Gasteiger partial charge in [0, 0.05) is 0 Å². The third-order valence-electron chi connectivity index (χ3n) is 5.44. The molecule has 0 N–H and O–H groups in total. The zero-order chi connectivity index (χ0) is 17.8. The third kappa shape index (κ3) is 2.48. The molecule has 0 fully saturated rings. The molecule has 0 amide bonds. The van der Waals surface area contributed by atoms with E-state index in [1.165, 1.54) is 22.3 Å². The van der Waals surface area contributed by atoms with Gasteiger partial charge in [-0.2, -0.15) is 0 Å². The van der Waals surface area contributed by atoms with Gasteiger partial charge in [0.2, 0.25) is 0 Å². The minimum atomic E-state index is -1.98. The van der Waals surface area contributed by atoms with Crippen LogP contribution >= 0.6 is 0 Å². The molecular formula is C23H25GeN. The molecule has 0 bridgehead atoms. The van der Waals surface area contributed by atoms with Crippen LogP contribution in [0.15, 0.2) is 60.8 Å². The van der Waals surface area contributed by atoms with Gasteiger partial charge < -0.3 is 0 Å². The molecule has 2 aromatic carbocycles. The number of fused-ring (bicyclic) bond motifs is 3. The minimum absolute atomic E-state index is 0.0340. The molecule has 126 valence electrons. The van der Waals surface area contributed by atoms with Crippen molar-refractivity contribution in [1.82, 2.24) is 4.98 Å². The number of nitrogens with zero attached hydrogens (tertiary/aromatic N) is 1. The number of benzene rings is 2. The molecule has 0 saturated carbocycles. The molecule has 1 aliphatic carbocycles. The average Bonchev–Trinajstić information content (AvgIpc) is 2.83. The summed E-state index contributed by atoms with van der Waals surface area (Å²) >= 11 is -1.98. The fraction of sp³-hybridized carbons (Fsp3) is 0.261. The number of aromatic nitrogens is 1. The Morgan fingerprint density at radius 2 is 1.56 bits per heavy atom. The van der Waals surface area contributed by atoms with E-state index in [0.29, 0.717) is 0 Å². The van der Waals surface area contributed by atoms with Gasteiger partial charge in [0.25, 0.3) is 0 Å². The van der Waals surface area contributed by atoms with Crippen molar-refractivity contribution in [1.29, 1.82) is 0 Å². The predicted molar refractivity (Wildman–Crippen MR) is 110 cm³/mol. The first-order valence-electron chi connectivity index (χ1n) is 9.01. The van der Waals surface area contributed by atoms with Crippen LogP contribution in [-0.4, -0.2) is 18.3 Å². The molecular weight excluding hydrogens is 363 g/mol. The molecule has 25 heavy (non-hydrogen) atoms. The second kappa shape index (κ2) is 5.57. The average molecular weight is 388 g/mol. The van der Waals surface area contributed by atoms with Gasteiger partial charge in [0.05, 0.1) is 0 Å². The summed E-state index contributed by atoms with van der Waals surface area (Å²) in [6.45, 7) is 4.76. The first-order chi connectivity index (χ1) is 11.8. The van der Waals surface area contributed by atoms with Gasteiger partial charge >= 0.3 is 153 Å². The van der Waals surface area contributed by atoms with E-state index in [2.05, 4.69) is 85.7 Å². The van der Waals surface area contributed by atoms with E-state index in [1.807, 2.05) is 6.20 Å². The Bertz CT molecular complexity index is 950. The molecule has 0 atom stereocenters. The second-order valence-electron chi connectivity index (χ2n) is 8.55. The zero-order valence-corrected chi connectivity index (χ0v) is 17.8. The quantitative estimate of drug-likeness (QED) is 0.521. The van der Waals surface area contributed by atoms with Gasteiger partial charge in [-0.15, -0.1) is 0 Å². The third-order valence-corrected chi connectivity index (χ3v) is 9.70. The van der Waals surface area contributed by atoms with Crippen molar-refractivity contribution in [3.05, 3.63) is 71.9 Å². The maximum absolute atomic E-state index is 4.79. The summed E-state index contributed by atoms with van der Waals surface area (Å²) in [6, 6.07) is 19.7. The van der Waals surface area contributed by atoms with Crippen LogP contribution in [-0.2, 0) is 5.41 Å². The van der Waals surface area contributed by atoms with Gasteiger partial charge in [-0.3, -0.25) is 0 Å². The van der Waals surface area contributed by atoms with Crippen LogP contribution in [0.3, 0.4) is 0 Å². The fourth-order valence-corrected chi connectivity index (χ4v) is 8.03. The zero-order valence-electron chi connectivity index (χ0n) is 15.7. The number of hydrogen-bond acceptors (Lipinski definition) is 1.